The monoisotopic (exact) mass is 410 g/mol. The van der Waals surface area contributed by atoms with Crippen LogP contribution in [0.2, 0.25) is 0 Å². The van der Waals surface area contributed by atoms with E-state index < -0.39 is 0 Å². The van der Waals surface area contributed by atoms with E-state index in [1.54, 1.807) is 7.05 Å². The molecule has 3 unspecified atom stereocenters. The van der Waals surface area contributed by atoms with Gasteiger partial charge in [0.25, 0.3) is 0 Å². The van der Waals surface area contributed by atoms with Crippen molar-refractivity contribution in [3.05, 3.63) is 71.5 Å². The molecule has 0 radical (unpaired) electrons. The first kappa shape index (κ1) is 20.8. The molecule has 30 heavy (non-hydrogen) atoms. The lowest BCUT2D eigenvalue weighted by molar-refractivity contribution is 0.0170. The van der Waals surface area contributed by atoms with Gasteiger partial charge in [0.05, 0.1) is 19.3 Å². The molecule has 3 atom stereocenters. The summed E-state index contributed by atoms with van der Waals surface area (Å²) in [6.07, 6.45) is 1.22. The van der Waals surface area contributed by atoms with E-state index in [0.717, 1.165) is 44.4 Å². The van der Waals surface area contributed by atoms with Gasteiger partial charge in [-0.3, -0.25) is 9.89 Å². The number of nitrogens with zero attached hydrogens (tertiary/aromatic N) is 2. The van der Waals surface area contributed by atoms with Crippen molar-refractivity contribution in [3.63, 3.8) is 0 Å². The lowest BCUT2D eigenvalue weighted by Crippen LogP contribution is -2.46. The van der Waals surface area contributed by atoms with Crippen molar-refractivity contribution >= 4 is 5.96 Å². The first-order valence-corrected chi connectivity index (χ1v) is 10.8. The predicted octanol–water partition coefficient (Wildman–Crippen LogP) is 3.17. The van der Waals surface area contributed by atoms with E-state index in [-0.39, 0.29) is 11.9 Å². The van der Waals surface area contributed by atoms with Crippen molar-refractivity contribution in [2.24, 2.45) is 10.9 Å². The van der Waals surface area contributed by atoms with Crippen molar-refractivity contribution in [1.29, 1.82) is 0 Å². The van der Waals surface area contributed by atoms with E-state index >= 15 is 0 Å². The molecule has 2 aliphatic rings. The van der Waals surface area contributed by atoms with E-state index in [9.17, 15) is 4.39 Å². The number of rotatable bonds is 7. The molecule has 5 nitrogen and oxygen atoms in total. The zero-order chi connectivity index (χ0) is 20.8. The first-order valence-electron chi connectivity index (χ1n) is 10.8. The van der Waals surface area contributed by atoms with Crippen LogP contribution in [0.4, 0.5) is 4.39 Å². The Hall–Kier alpha value is -2.44. The van der Waals surface area contributed by atoms with Crippen LogP contribution in [0.25, 0.3) is 0 Å². The van der Waals surface area contributed by atoms with Crippen LogP contribution in [-0.4, -0.2) is 57.3 Å². The summed E-state index contributed by atoms with van der Waals surface area (Å²) in [5, 5.41) is 6.97. The zero-order valence-electron chi connectivity index (χ0n) is 17.6. The Bertz CT molecular complexity index is 821. The van der Waals surface area contributed by atoms with Crippen molar-refractivity contribution in [2.75, 3.05) is 46.4 Å². The van der Waals surface area contributed by atoms with Crippen LogP contribution >= 0.6 is 0 Å². The van der Waals surface area contributed by atoms with Gasteiger partial charge in [-0.05, 0) is 41.5 Å². The van der Waals surface area contributed by atoms with Crippen LogP contribution in [0.15, 0.2) is 59.6 Å². The molecule has 4 rings (SSSR count). The summed E-state index contributed by atoms with van der Waals surface area (Å²) in [5.41, 5.74) is 2.53. The summed E-state index contributed by atoms with van der Waals surface area (Å²) in [7, 11) is 1.80. The van der Waals surface area contributed by atoms with Gasteiger partial charge in [-0.2, -0.15) is 0 Å². The second kappa shape index (κ2) is 10.0. The van der Waals surface area contributed by atoms with Gasteiger partial charge in [-0.15, -0.1) is 0 Å². The normalized spacial score (nSPS) is 23.1. The Morgan fingerprint density at radius 3 is 2.53 bits per heavy atom. The molecule has 0 amide bonds. The van der Waals surface area contributed by atoms with Crippen LogP contribution in [0, 0.1) is 11.7 Å². The molecule has 0 aromatic heterocycles. The highest BCUT2D eigenvalue weighted by Gasteiger charge is 2.37. The Labute approximate surface area is 178 Å². The fraction of sp³-hybridized carbons (Fsp3) is 0.458. The lowest BCUT2D eigenvalue weighted by Gasteiger charge is -2.35. The minimum atomic E-state index is -0.206. The summed E-state index contributed by atoms with van der Waals surface area (Å²) in [4.78, 5) is 6.79. The molecule has 1 saturated carbocycles. The van der Waals surface area contributed by atoms with Gasteiger partial charge in [0.1, 0.15) is 5.82 Å². The van der Waals surface area contributed by atoms with Crippen LogP contribution in [-0.2, 0) is 4.74 Å². The molecule has 2 fully saturated rings. The smallest absolute Gasteiger partial charge is 0.191 e. The number of hydrogen-bond donors (Lipinski definition) is 2. The van der Waals surface area contributed by atoms with Crippen LogP contribution < -0.4 is 10.6 Å². The van der Waals surface area contributed by atoms with Gasteiger partial charge < -0.3 is 15.4 Å². The number of halogens is 1. The van der Waals surface area contributed by atoms with Crippen molar-refractivity contribution in [1.82, 2.24) is 15.5 Å². The number of aliphatic imine (C=N–C) groups is 1. The molecular weight excluding hydrogens is 379 g/mol. The summed E-state index contributed by atoms with van der Waals surface area (Å²) in [5.74, 6) is 1.91. The summed E-state index contributed by atoms with van der Waals surface area (Å²) >= 11 is 0. The second-order valence-corrected chi connectivity index (χ2v) is 8.06. The predicted molar refractivity (Wildman–Crippen MR) is 118 cm³/mol. The van der Waals surface area contributed by atoms with E-state index in [1.807, 2.05) is 12.1 Å². The standard InChI is InChI=1S/C24H31FN4O/c1-26-24(27-16-20-15-22(20)18-5-3-2-4-6-18)28-17-23(29-11-13-30-14-12-29)19-7-9-21(25)10-8-19/h2-10,20,22-23H,11-17H2,1H3,(H2,26,27,28). The molecule has 1 aliphatic heterocycles. The third-order valence-corrected chi connectivity index (χ3v) is 6.11. The van der Waals surface area contributed by atoms with Gasteiger partial charge in [-0.25, -0.2) is 4.39 Å². The minimum Gasteiger partial charge on any atom is -0.379 e. The van der Waals surface area contributed by atoms with Gasteiger partial charge in [0.2, 0.25) is 0 Å². The average molecular weight is 411 g/mol. The van der Waals surface area contributed by atoms with Crippen LogP contribution in [0.1, 0.15) is 29.5 Å². The minimum absolute atomic E-state index is 0.144. The zero-order valence-corrected chi connectivity index (χ0v) is 17.6. The number of nitrogens with one attached hydrogen (secondary N) is 2. The van der Waals surface area contributed by atoms with E-state index in [2.05, 4.69) is 50.9 Å². The van der Waals surface area contributed by atoms with E-state index in [4.69, 9.17) is 4.74 Å². The lowest BCUT2D eigenvalue weighted by atomic mass is 10.0. The number of ether oxygens (including phenoxy) is 1. The molecule has 6 heteroatoms. The molecule has 2 N–H and O–H groups in total. The van der Waals surface area contributed by atoms with Gasteiger partial charge in [0, 0.05) is 33.2 Å². The Kier molecular flexibility index (Phi) is 6.97. The highest BCUT2D eigenvalue weighted by Crippen LogP contribution is 2.46. The Morgan fingerprint density at radius 2 is 1.83 bits per heavy atom. The maximum atomic E-state index is 13.4. The fourth-order valence-electron chi connectivity index (χ4n) is 4.26. The van der Waals surface area contributed by atoms with Crippen LogP contribution in [0.3, 0.4) is 0 Å². The summed E-state index contributed by atoms with van der Waals surface area (Å²) in [6, 6.07) is 17.7. The molecule has 160 valence electrons. The molecule has 0 spiro atoms. The third kappa shape index (κ3) is 5.37. The average Bonchev–Trinajstić information content (AvgIpc) is 3.58. The third-order valence-electron chi connectivity index (χ3n) is 6.11. The maximum absolute atomic E-state index is 13.4. The van der Waals surface area contributed by atoms with Crippen LogP contribution in [0.5, 0.6) is 0 Å². The molecule has 1 saturated heterocycles. The summed E-state index contributed by atoms with van der Waals surface area (Å²) in [6.45, 7) is 4.82. The van der Waals surface area contributed by atoms with Crippen molar-refractivity contribution in [2.45, 2.75) is 18.4 Å². The number of hydrogen-bond acceptors (Lipinski definition) is 3. The maximum Gasteiger partial charge on any atom is 0.191 e. The van der Waals surface area contributed by atoms with Crippen molar-refractivity contribution in [3.8, 4) is 0 Å². The van der Waals surface area contributed by atoms with Gasteiger partial charge in [-0.1, -0.05) is 42.5 Å². The number of benzene rings is 2. The Morgan fingerprint density at radius 1 is 1.10 bits per heavy atom. The highest BCUT2D eigenvalue weighted by molar-refractivity contribution is 5.79. The summed E-state index contributed by atoms with van der Waals surface area (Å²) < 4.78 is 18.9. The molecule has 1 aliphatic carbocycles. The van der Waals surface area contributed by atoms with Gasteiger partial charge >= 0.3 is 0 Å². The van der Waals surface area contributed by atoms with E-state index in [1.165, 1.54) is 24.1 Å². The van der Waals surface area contributed by atoms with Crippen molar-refractivity contribution < 1.29 is 9.13 Å². The Balaban J connectivity index is 1.32. The largest absolute Gasteiger partial charge is 0.379 e. The van der Waals surface area contributed by atoms with E-state index in [0.29, 0.717) is 18.4 Å². The topological polar surface area (TPSA) is 48.9 Å². The second-order valence-electron chi connectivity index (χ2n) is 8.06. The number of guanidine groups is 1. The highest BCUT2D eigenvalue weighted by atomic mass is 19.1. The first-order chi connectivity index (χ1) is 14.7. The number of morpholine rings is 1. The molecule has 1 heterocycles. The molecule has 0 bridgehead atoms. The molecule has 2 aromatic carbocycles. The molecule has 2 aromatic rings. The van der Waals surface area contributed by atoms with Gasteiger partial charge in [0.15, 0.2) is 5.96 Å². The fourth-order valence-corrected chi connectivity index (χ4v) is 4.26. The quantitative estimate of drug-likeness (QED) is 0.544. The molecular formula is C24H31FN4O. The SMILES string of the molecule is CN=C(NCC1CC1c1ccccc1)NCC(c1ccc(F)cc1)N1CCOCC1.